The maximum absolute atomic E-state index is 12.9. The molecular weight excluding hydrogens is 520 g/mol. The van der Waals surface area contributed by atoms with E-state index in [4.69, 9.17) is 23.7 Å². The molecule has 2 heterocycles. The van der Waals surface area contributed by atoms with Gasteiger partial charge >= 0.3 is 17.6 Å². The number of nitrogens with one attached hydrogen (secondary N) is 1. The topological polar surface area (TPSA) is 135 Å². The standard InChI is InChI=1S/C29H32N2O9/c1-19-14-31(28(35)30-26(19)34)27-24(39-21(3)33)25(37-16-23-12-8-5-9-13-23)29(40-27,18-38-20(2)32)17-36-15-22-10-6-4-7-11-22/h4-14,24-25,27H,15-18H2,1-3H3,(H,30,34,35)/t24-,25+,27?,29+/m1/s1. The minimum atomic E-state index is -1.50. The summed E-state index contributed by atoms with van der Waals surface area (Å²) in [5, 5.41) is 0. The Kier molecular flexibility index (Phi) is 9.30. The number of benzene rings is 2. The van der Waals surface area contributed by atoms with E-state index in [1.807, 2.05) is 60.7 Å². The Morgan fingerprint density at radius 2 is 1.55 bits per heavy atom. The fraction of sp³-hybridized carbons (Fsp3) is 0.379. The first-order valence-electron chi connectivity index (χ1n) is 12.8. The maximum Gasteiger partial charge on any atom is 0.330 e. The van der Waals surface area contributed by atoms with Crippen LogP contribution >= 0.6 is 0 Å². The van der Waals surface area contributed by atoms with Crippen LogP contribution in [0.25, 0.3) is 0 Å². The Morgan fingerprint density at radius 1 is 0.925 bits per heavy atom. The van der Waals surface area contributed by atoms with Crippen LogP contribution in [0.1, 0.15) is 36.8 Å². The summed E-state index contributed by atoms with van der Waals surface area (Å²) in [5.41, 5.74) is -0.861. The molecule has 11 nitrogen and oxygen atoms in total. The summed E-state index contributed by atoms with van der Waals surface area (Å²) in [6.07, 6.45) is -2.12. The van der Waals surface area contributed by atoms with Gasteiger partial charge in [0.15, 0.2) is 17.9 Å². The highest BCUT2D eigenvalue weighted by atomic mass is 16.7. The third-order valence-corrected chi connectivity index (χ3v) is 6.43. The van der Waals surface area contributed by atoms with E-state index in [0.717, 1.165) is 15.7 Å². The number of aryl methyl sites for hydroxylation is 1. The highest BCUT2D eigenvalue weighted by molar-refractivity contribution is 5.66. The third-order valence-electron chi connectivity index (χ3n) is 6.43. The molecule has 1 fully saturated rings. The second-order valence-corrected chi connectivity index (χ2v) is 9.60. The van der Waals surface area contributed by atoms with Gasteiger partial charge in [0.25, 0.3) is 5.56 Å². The van der Waals surface area contributed by atoms with E-state index in [9.17, 15) is 19.2 Å². The molecular formula is C29H32N2O9. The minimum absolute atomic E-state index is 0.0966. The second-order valence-electron chi connectivity index (χ2n) is 9.60. The molecule has 1 saturated heterocycles. The number of H-pyrrole nitrogens is 1. The third kappa shape index (κ3) is 6.92. The van der Waals surface area contributed by atoms with Crippen molar-refractivity contribution in [3.63, 3.8) is 0 Å². The summed E-state index contributed by atoms with van der Waals surface area (Å²) >= 11 is 0. The zero-order valence-corrected chi connectivity index (χ0v) is 22.5. The molecule has 0 radical (unpaired) electrons. The van der Waals surface area contributed by atoms with Gasteiger partial charge in [-0.25, -0.2) is 4.79 Å². The number of nitrogens with zero attached hydrogens (tertiary/aromatic N) is 1. The molecule has 0 aliphatic carbocycles. The molecule has 11 heteroatoms. The highest BCUT2D eigenvalue weighted by Crippen LogP contribution is 2.42. The summed E-state index contributed by atoms with van der Waals surface area (Å²) in [7, 11) is 0. The van der Waals surface area contributed by atoms with Crippen LogP contribution in [0, 0.1) is 6.92 Å². The van der Waals surface area contributed by atoms with Gasteiger partial charge in [-0.15, -0.1) is 0 Å². The lowest BCUT2D eigenvalue weighted by Gasteiger charge is -2.34. The first-order chi connectivity index (χ1) is 19.2. The van der Waals surface area contributed by atoms with Crippen molar-refractivity contribution in [1.29, 1.82) is 0 Å². The molecule has 0 bridgehead atoms. The van der Waals surface area contributed by atoms with Gasteiger partial charge < -0.3 is 23.7 Å². The minimum Gasteiger partial charge on any atom is -0.463 e. The van der Waals surface area contributed by atoms with Gasteiger partial charge in [0.2, 0.25) is 0 Å². The SMILES string of the molecule is CC(=O)OC[C@]1(COCc2ccccc2)OC(n2cc(C)c(=O)[nH]c2=O)[C@H](OC(C)=O)[C@@H]1OCc1ccccc1. The van der Waals surface area contributed by atoms with Crippen LogP contribution in [0.15, 0.2) is 76.4 Å². The molecule has 1 aromatic heterocycles. The summed E-state index contributed by atoms with van der Waals surface area (Å²) in [6.45, 7) is 3.86. The lowest BCUT2D eigenvalue weighted by molar-refractivity contribution is -0.189. The summed E-state index contributed by atoms with van der Waals surface area (Å²) in [4.78, 5) is 51.4. The second kappa shape index (κ2) is 12.9. The van der Waals surface area contributed by atoms with Crippen LogP contribution in [0.4, 0.5) is 0 Å². The van der Waals surface area contributed by atoms with Crippen LogP contribution < -0.4 is 11.2 Å². The van der Waals surface area contributed by atoms with E-state index >= 15 is 0 Å². The maximum atomic E-state index is 12.9. The first kappa shape index (κ1) is 28.9. The number of rotatable bonds is 11. The van der Waals surface area contributed by atoms with Crippen molar-refractivity contribution in [3.05, 3.63) is 104 Å². The monoisotopic (exact) mass is 552 g/mol. The predicted molar refractivity (Wildman–Crippen MR) is 142 cm³/mol. The molecule has 3 aromatic rings. The number of aromatic nitrogens is 2. The average Bonchev–Trinajstić information content (AvgIpc) is 3.21. The van der Waals surface area contributed by atoms with Crippen LogP contribution in [-0.4, -0.2) is 52.5 Å². The van der Waals surface area contributed by atoms with E-state index in [1.165, 1.54) is 27.0 Å². The lowest BCUT2D eigenvalue weighted by Crippen LogP contribution is -2.53. The average molecular weight is 553 g/mol. The molecule has 212 valence electrons. The van der Waals surface area contributed by atoms with Crippen LogP contribution in [-0.2, 0) is 46.5 Å². The van der Waals surface area contributed by atoms with Crippen molar-refractivity contribution in [1.82, 2.24) is 9.55 Å². The molecule has 1 aliphatic heterocycles. The Labute approximate surface area is 230 Å². The predicted octanol–water partition coefficient (Wildman–Crippen LogP) is 2.41. The van der Waals surface area contributed by atoms with Crippen molar-refractivity contribution in [2.75, 3.05) is 13.2 Å². The Bertz CT molecular complexity index is 1420. The van der Waals surface area contributed by atoms with E-state index in [-0.39, 0.29) is 32.0 Å². The number of hydrogen-bond acceptors (Lipinski definition) is 9. The molecule has 1 N–H and O–H groups in total. The molecule has 0 saturated carbocycles. The number of aromatic amines is 1. The van der Waals surface area contributed by atoms with Gasteiger partial charge in [-0.1, -0.05) is 60.7 Å². The molecule has 4 rings (SSSR count). The highest BCUT2D eigenvalue weighted by Gasteiger charge is 2.60. The fourth-order valence-electron chi connectivity index (χ4n) is 4.55. The van der Waals surface area contributed by atoms with Gasteiger partial charge in [-0.3, -0.25) is 23.9 Å². The van der Waals surface area contributed by atoms with Crippen molar-refractivity contribution in [3.8, 4) is 0 Å². The lowest BCUT2D eigenvalue weighted by atomic mass is 9.96. The number of carbonyl (C=O) groups excluding carboxylic acids is 2. The van der Waals surface area contributed by atoms with Crippen LogP contribution in [0.2, 0.25) is 0 Å². The smallest absolute Gasteiger partial charge is 0.330 e. The van der Waals surface area contributed by atoms with Gasteiger partial charge in [0.05, 0.1) is 19.8 Å². The van der Waals surface area contributed by atoms with Crippen LogP contribution in [0.3, 0.4) is 0 Å². The molecule has 1 aliphatic rings. The summed E-state index contributed by atoms with van der Waals surface area (Å²) in [5.74, 6) is -1.22. The largest absolute Gasteiger partial charge is 0.463 e. The summed E-state index contributed by atoms with van der Waals surface area (Å²) < 4.78 is 31.1. The van der Waals surface area contributed by atoms with Crippen LogP contribution in [0.5, 0.6) is 0 Å². The molecule has 0 amide bonds. The molecule has 0 spiro atoms. The number of hydrogen-bond donors (Lipinski definition) is 1. The van der Waals surface area contributed by atoms with E-state index in [2.05, 4.69) is 4.98 Å². The van der Waals surface area contributed by atoms with Crippen molar-refractivity contribution >= 4 is 11.9 Å². The van der Waals surface area contributed by atoms with Gasteiger partial charge in [0.1, 0.15) is 12.7 Å². The van der Waals surface area contributed by atoms with E-state index < -0.39 is 47.2 Å². The number of carbonyl (C=O) groups is 2. The zero-order valence-electron chi connectivity index (χ0n) is 22.5. The van der Waals surface area contributed by atoms with Gasteiger partial charge in [0, 0.05) is 25.6 Å². The van der Waals surface area contributed by atoms with E-state index in [1.54, 1.807) is 0 Å². The Morgan fingerprint density at radius 3 is 2.15 bits per heavy atom. The van der Waals surface area contributed by atoms with Gasteiger partial charge in [-0.05, 0) is 18.1 Å². The van der Waals surface area contributed by atoms with Crippen molar-refractivity contribution < 1.29 is 33.3 Å². The number of esters is 2. The molecule has 1 unspecified atom stereocenters. The molecule has 40 heavy (non-hydrogen) atoms. The Hall–Kier alpha value is -4.06. The first-order valence-corrected chi connectivity index (χ1v) is 12.8. The Balaban J connectivity index is 1.76. The zero-order chi connectivity index (χ0) is 28.7. The molecule has 4 atom stereocenters. The van der Waals surface area contributed by atoms with Gasteiger partial charge in [-0.2, -0.15) is 0 Å². The fourth-order valence-corrected chi connectivity index (χ4v) is 4.55. The molecule has 2 aromatic carbocycles. The normalized spacial score (nSPS) is 22.1. The summed E-state index contributed by atoms with van der Waals surface area (Å²) in [6, 6.07) is 18.7. The van der Waals surface area contributed by atoms with Crippen molar-refractivity contribution in [2.24, 2.45) is 0 Å². The van der Waals surface area contributed by atoms with Crippen molar-refractivity contribution in [2.45, 2.75) is 58.0 Å². The quantitative estimate of drug-likeness (QED) is 0.356. The van der Waals surface area contributed by atoms with E-state index in [0.29, 0.717) is 0 Å². The number of ether oxygens (including phenoxy) is 5.